The molecule has 0 bridgehead atoms. The normalized spacial score (nSPS) is 14.2. The van der Waals surface area contributed by atoms with Crippen LogP contribution in [-0.4, -0.2) is 10.3 Å². The van der Waals surface area contributed by atoms with E-state index in [1.165, 1.54) is 12.2 Å². The Labute approximate surface area is 286 Å². The van der Waals surface area contributed by atoms with Gasteiger partial charge in [0.25, 0.3) is 0 Å². The molecule has 0 heterocycles. The Morgan fingerprint density at radius 2 is 1.44 bits per heavy atom. The van der Waals surface area contributed by atoms with Gasteiger partial charge >= 0.3 is 154 Å². The van der Waals surface area contributed by atoms with Crippen LogP contribution < -0.4 is 169 Å². The van der Waals surface area contributed by atoms with Crippen molar-refractivity contribution in [3.05, 3.63) is 66.2 Å². The predicted octanol–water partition coefficient (Wildman–Crippen LogP) is -7.45. The number of benzene rings is 2. The minimum atomic E-state index is -5.45. The molecule has 0 saturated carbocycles. The Hall–Kier alpha value is 3.39. The summed E-state index contributed by atoms with van der Waals surface area (Å²) in [6.45, 7) is 0. The second-order valence-electron chi connectivity index (χ2n) is 5.21. The maximum absolute atomic E-state index is 11.0. The summed E-state index contributed by atoms with van der Waals surface area (Å²) in [5, 5.41) is -2.35. The second-order valence-corrected chi connectivity index (χ2v) is 9.08. The molecule has 0 aromatic heterocycles. The van der Waals surface area contributed by atoms with E-state index in [-0.39, 0.29) is 154 Å². The Kier molecular flexibility index (Phi) is 18.4. The van der Waals surface area contributed by atoms with Gasteiger partial charge in [0.05, 0.1) is 5.40 Å². The van der Waals surface area contributed by atoms with Crippen LogP contribution in [0.1, 0.15) is 12.0 Å². The van der Waals surface area contributed by atoms with Crippen molar-refractivity contribution in [1.82, 2.24) is 0 Å². The van der Waals surface area contributed by atoms with Crippen molar-refractivity contribution in [2.45, 2.75) is 11.8 Å². The molecule has 1 N–H and O–H groups in total. The smallest absolute Gasteiger partial charge is 0.810 e. The van der Waals surface area contributed by atoms with Crippen LogP contribution in [0, 0.1) is 0 Å². The Morgan fingerprint density at radius 3 is 1.96 bits per heavy atom. The summed E-state index contributed by atoms with van der Waals surface area (Å²) < 4.78 is 22.0. The predicted molar refractivity (Wildman–Crippen MR) is 86.7 cm³/mol. The molecule has 0 aliphatic heterocycles. The summed E-state index contributed by atoms with van der Waals surface area (Å²) in [5.74, 6) is 0. The van der Waals surface area contributed by atoms with Crippen molar-refractivity contribution in [3.8, 4) is 11.1 Å². The molecule has 2 aromatic carbocycles. The van der Waals surface area contributed by atoms with E-state index in [0.717, 1.165) is 11.1 Å². The van der Waals surface area contributed by atoms with E-state index < -0.39 is 27.0 Å². The van der Waals surface area contributed by atoms with Gasteiger partial charge in [-0.15, -0.1) is 0 Å². The van der Waals surface area contributed by atoms with Gasteiger partial charge in [0.2, 0.25) is 0 Å². The van der Waals surface area contributed by atoms with Gasteiger partial charge in [-0.1, -0.05) is 68.3 Å². The zero-order valence-electron chi connectivity index (χ0n) is 15.5. The minimum absolute atomic E-state index is 0. The first kappa shape index (κ1) is 32.6. The third-order valence-corrected chi connectivity index (χ3v) is 7.02. The molecule has 2 atom stereocenters. The van der Waals surface area contributed by atoms with Crippen molar-refractivity contribution < 1.29 is 183 Å². The second kappa shape index (κ2) is 15.3. The molecule has 2 aromatic rings. The fraction of sp³-hybridized carbons (Fsp3) is 0.125. The molecule has 0 radical (unpaired) electrons. The van der Waals surface area contributed by atoms with Crippen LogP contribution in [0.3, 0.4) is 0 Å². The van der Waals surface area contributed by atoms with E-state index in [2.05, 4.69) is 0 Å². The molecule has 0 aliphatic carbocycles. The molecule has 0 aliphatic rings. The summed E-state index contributed by atoms with van der Waals surface area (Å²) in [6, 6.07) is 16.9. The fourth-order valence-electron chi connectivity index (χ4n) is 2.22. The topological polar surface area (TPSA) is 124 Å². The van der Waals surface area contributed by atoms with E-state index in [1.807, 2.05) is 42.5 Å². The molecule has 11 heteroatoms. The molecule has 2 rings (SSSR count). The van der Waals surface area contributed by atoms with E-state index in [1.54, 1.807) is 12.1 Å². The summed E-state index contributed by atoms with van der Waals surface area (Å²) in [7, 11) is -10.7. The van der Waals surface area contributed by atoms with Crippen LogP contribution in [0.2, 0.25) is 0 Å². The van der Waals surface area contributed by atoms with E-state index in [0.29, 0.717) is 5.56 Å². The van der Waals surface area contributed by atoms with Crippen molar-refractivity contribution in [1.29, 1.82) is 0 Å². The fourth-order valence-corrected chi connectivity index (χ4v) is 4.42. The van der Waals surface area contributed by atoms with Crippen molar-refractivity contribution >= 4 is 21.3 Å². The van der Waals surface area contributed by atoms with Gasteiger partial charge in [-0.2, -0.15) is 0 Å². The largest absolute Gasteiger partial charge is 1.00 e. The zero-order chi connectivity index (χ0) is 17.8. The molecule has 2 unspecified atom stereocenters. The summed E-state index contributed by atoms with van der Waals surface area (Å²) >= 11 is 0. The quantitative estimate of drug-likeness (QED) is 0.322. The maximum Gasteiger partial charge on any atom is 1.00 e. The van der Waals surface area contributed by atoms with E-state index >= 15 is 0 Å². The SMILES string of the molecule is O=P([O-])([O-])C(C/C=C/c1cccc(-c2ccccc2)c1)P(=O)([O-])O.[K+].[K+].[K+]. The summed E-state index contributed by atoms with van der Waals surface area (Å²) in [4.78, 5) is 41.9. The van der Waals surface area contributed by atoms with Gasteiger partial charge in [0.1, 0.15) is 7.60 Å². The molecule has 0 saturated heterocycles. The molecule has 0 spiro atoms. The monoisotopic (exact) mass is 482 g/mol. The van der Waals surface area contributed by atoms with Crippen LogP contribution in [0.15, 0.2) is 60.7 Å². The summed E-state index contributed by atoms with van der Waals surface area (Å²) in [6.07, 6.45) is 2.15. The molecular weight excluding hydrogens is 467 g/mol. The third kappa shape index (κ3) is 11.7. The minimum Gasteiger partial charge on any atom is -0.810 e. The average molecular weight is 483 g/mol. The average Bonchev–Trinajstić information content (AvgIpc) is 2.50. The number of rotatable bonds is 6. The van der Waals surface area contributed by atoms with Crippen molar-refractivity contribution in [3.63, 3.8) is 0 Å². The number of hydrogen-bond acceptors (Lipinski definition) is 5. The first-order valence-corrected chi connectivity index (χ1v) is 10.3. The Bertz CT molecular complexity index is 798. The van der Waals surface area contributed by atoms with Gasteiger partial charge in [-0.3, -0.25) is 0 Å². The van der Waals surface area contributed by atoms with Crippen LogP contribution in [0.4, 0.5) is 0 Å². The molecule has 6 nitrogen and oxygen atoms in total. The van der Waals surface area contributed by atoms with Gasteiger partial charge in [-0.05, 0) is 29.2 Å². The zero-order valence-corrected chi connectivity index (χ0v) is 26.7. The van der Waals surface area contributed by atoms with Gasteiger partial charge in [0.15, 0.2) is 0 Å². The third-order valence-electron chi connectivity index (χ3n) is 3.39. The molecule has 27 heavy (non-hydrogen) atoms. The molecule has 0 amide bonds. The van der Waals surface area contributed by atoms with E-state index in [9.17, 15) is 23.8 Å². The van der Waals surface area contributed by atoms with E-state index in [4.69, 9.17) is 4.89 Å². The van der Waals surface area contributed by atoms with Gasteiger partial charge in [0, 0.05) is 0 Å². The first-order valence-electron chi connectivity index (χ1n) is 7.05. The van der Waals surface area contributed by atoms with Crippen molar-refractivity contribution in [2.24, 2.45) is 0 Å². The van der Waals surface area contributed by atoms with Crippen LogP contribution >= 0.6 is 15.2 Å². The Balaban J connectivity index is 0. The first-order chi connectivity index (χ1) is 11.2. The van der Waals surface area contributed by atoms with Crippen LogP contribution in [-0.2, 0) is 9.13 Å². The molecule has 0 fully saturated rings. The molecule has 128 valence electrons. The van der Waals surface area contributed by atoms with Gasteiger partial charge in [-0.25, -0.2) is 0 Å². The van der Waals surface area contributed by atoms with Gasteiger partial charge < -0.3 is 28.7 Å². The number of hydrogen-bond donors (Lipinski definition) is 1. The standard InChI is InChI=1S/C16H18O6P2.3K/c17-23(18,19)16(24(20,21)22)11-5-7-13-6-4-10-15(12-13)14-8-2-1-3-9-14;;;/h1-10,12,16H,11H2,(H2,17,18,19)(H2,20,21,22);;;/q;3*+1/p-3/b7-5+;;;. The number of allylic oxidation sites excluding steroid dienone is 1. The van der Waals surface area contributed by atoms with Crippen LogP contribution in [0.25, 0.3) is 17.2 Å². The molecular formula is C16H15K3O6P2. The maximum atomic E-state index is 11.0. The van der Waals surface area contributed by atoms with Crippen molar-refractivity contribution in [2.75, 3.05) is 0 Å². The van der Waals surface area contributed by atoms with Crippen LogP contribution in [0.5, 0.6) is 0 Å². The Morgan fingerprint density at radius 1 is 0.889 bits per heavy atom. The summed E-state index contributed by atoms with van der Waals surface area (Å²) in [5.41, 5.74) is 2.64.